The second-order valence-corrected chi connectivity index (χ2v) is 2.81. The van der Waals surface area contributed by atoms with Crippen molar-refractivity contribution < 1.29 is 9.53 Å². The first-order valence-corrected chi connectivity index (χ1v) is 4.07. The lowest BCUT2D eigenvalue weighted by atomic mass is 10.2. The number of carbonyl (C=O) groups is 1. The summed E-state index contributed by atoms with van der Waals surface area (Å²) in [5.74, 6) is -0.775. The summed E-state index contributed by atoms with van der Waals surface area (Å²) < 4.78 is 4.40. The summed E-state index contributed by atoms with van der Waals surface area (Å²) in [4.78, 5) is 18.2. The third-order valence-electron chi connectivity index (χ3n) is 1.33. The lowest BCUT2D eigenvalue weighted by Gasteiger charge is -2.02. The third-order valence-corrected chi connectivity index (χ3v) is 1.78. The van der Waals surface area contributed by atoms with E-state index in [2.05, 4.69) is 14.7 Å². The van der Waals surface area contributed by atoms with Crippen LogP contribution in [-0.2, 0) is 4.74 Å². The van der Waals surface area contributed by atoms with Crippen molar-refractivity contribution in [3.8, 4) is 6.07 Å². The van der Waals surface area contributed by atoms with Crippen LogP contribution in [0.2, 0.25) is 10.4 Å². The highest BCUT2D eigenvalue weighted by atomic mass is 35.5. The molecule has 1 aromatic heterocycles. The Balaban J connectivity index is 3.42. The minimum absolute atomic E-state index is 0.180. The number of methoxy groups -OCH3 is 1. The van der Waals surface area contributed by atoms with E-state index in [1.807, 2.05) is 0 Å². The first-order valence-electron chi connectivity index (χ1n) is 3.31. The van der Waals surface area contributed by atoms with Crippen LogP contribution >= 0.6 is 23.2 Å². The monoisotopic (exact) mass is 231 g/mol. The van der Waals surface area contributed by atoms with Crippen LogP contribution in [0.5, 0.6) is 0 Å². The molecular weight excluding hydrogens is 229 g/mol. The van der Waals surface area contributed by atoms with E-state index in [1.54, 1.807) is 6.07 Å². The Kier molecular flexibility index (Phi) is 3.23. The molecule has 0 radical (unpaired) electrons. The minimum atomic E-state index is -0.775. The summed E-state index contributed by atoms with van der Waals surface area (Å²) in [6, 6.07) is 1.67. The van der Waals surface area contributed by atoms with E-state index in [4.69, 9.17) is 28.5 Å². The fourth-order valence-corrected chi connectivity index (χ4v) is 1.23. The van der Waals surface area contributed by atoms with E-state index in [9.17, 15) is 4.79 Å². The Morgan fingerprint density at radius 1 is 1.50 bits per heavy atom. The molecule has 0 N–H and O–H groups in total. The number of carbonyl (C=O) groups excluding carboxylic acids is 1. The van der Waals surface area contributed by atoms with Gasteiger partial charge >= 0.3 is 5.97 Å². The average molecular weight is 232 g/mol. The molecule has 0 aliphatic carbocycles. The zero-order valence-corrected chi connectivity index (χ0v) is 8.43. The maximum atomic E-state index is 11.1. The van der Waals surface area contributed by atoms with E-state index < -0.39 is 5.97 Å². The van der Waals surface area contributed by atoms with Crippen molar-refractivity contribution in [2.45, 2.75) is 0 Å². The van der Waals surface area contributed by atoms with E-state index >= 15 is 0 Å². The molecule has 0 fully saturated rings. The van der Waals surface area contributed by atoms with Gasteiger partial charge in [0, 0.05) is 0 Å². The molecule has 0 saturated carbocycles. The summed E-state index contributed by atoms with van der Waals surface area (Å²) in [6.45, 7) is 0. The molecule has 0 aromatic carbocycles. The van der Waals surface area contributed by atoms with Gasteiger partial charge in [0.05, 0.1) is 7.11 Å². The molecule has 0 aliphatic rings. The van der Waals surface area contributed by atoms with Crippen molar-refractivity contribution in [3.63, 3.8) is 0 Å². The van der Waals surface area contributed by atoms with Gasteiger partial charge in [0.2, 0.25) is 5.28 Å². The van der Waals surface area contributed by atoms with Crippen molar-refractivity contribution >= 4 is 29.2 Å². The molecule has 0 amide bonds. The number of rotatable bonds is 1. The molecule has 0 spiro atoms. The smallest absolute Gasteiger partial charge is 0.344 e. The normalized spacial score (nSPS) is 9.29. The van der Waals surface area contributed by atoms with Crippen molar-refractivity contribution in [3.05, 3.63) is 21.7 Å². The van der Waals surface area contributed by atoms with Crippen molar-refractivity contribution in [1.29, 1.82) is 5.26 Å². The third kappa shape index (κ3) is 1.92. The number of halogens is 2. The number of ether oxygens (including phenoxy) is 1. The molecule has 0 atom stereocenters. The number of hydrogen-bond acceptors (Lipinski definition) is 5. The van der Waals surface area contributed by atoms with Gasteiger partial charge in [-0.05, 0) is 11.6 Å². The predicted octanol–water partition coefficient (Wildman–Crippen LogP) is 1.44. The SMILES string of the molecule is COC(=O)c1c(Cl)nc(Cl)nc1C#N. The van der Waals surface area contributed by atoms with Gasteiger partial charge in [-0.15, -0.1) is 0 Å². The number of aromatic nitrogens is 2. The van der Waals surface area contributed by atoms with Crippen LogP contribution in [-0.4, -0.2) is 23.0 Å². The molecule has 72 valence electrons. The zero-order valence-electron chi connectivity index (χ0n) is 6.91. The predicted molar refractivity (Wildman–Crippen MR) is 48.1 cm³/mol. The van der Waals surface area contributed by atoms with Crippen LogP contribution in [0.1, 0.15) is 16.1 Å². The van der Waals surface area contributed by atoms with Gasteiger partial charge in [0.15, 0.2) is 5.69 Å². The Labute approximate surface area is 89.2 Å². The highest BCUT2D eigenvalue weighted by Gasteiger charge is 2.19. The second-order valence-electron chi connectivity index (χ2n) is 2.11. The van der Waals surface area contributed by atoms with Crippen LogP contribution in [0.4, 0.5) is 0 Å². The number of nitrogens with zero attached hydrogens (tertiary/aromatic N) is 3. The molecule has 0 aliphatic heterocycles. The quantitative estimate of drug-likeness (QED) is 0.416. The molecule has 0 saturated heterocycles. The molecule has 5 nitrogen and oxygen atoms in total. The first kappa shape index (κ1) is 10.7. The molecule has 7 heteroatoms. The number of esters is 1. The molecule has 0 bridgehead atoms. The molecule has 1 rings (SSSR count). The van der Waals surface area contributed by atoms with E-state index in [-0.39, 0.29) is 21.7 Å². The summed E-state index contributed by atoms with van der Waals surface area (Å²) in [5, 5.41) is 8.25. The van der Waals surface area contributed by atoms with Gasteiger partial charge < -0.3 is 4.74 Å². The Morgan fingerprint density at radius 2 is 2.14 bits per heavy atom. The molecule has 1 heterocycles. The topological polar surface area (TPSA) is 75.9 Å². The fraction of sp³-hybridized carbons (Fsp3) is 0.143. The summed E-state index contributed by atoms with van der Waals surface area (Å²) >= 11 is 11.0. The molecule has 1 aromatic rings. The maximum Gasteiger partial charge on any atom is 0.344 e. The van der Waals surface area contributed by atoms with Crippen LogP contribution in [0, 0.1) is 11.3 Å². The highest BCUT2D eigenvalue weighted by Crippen LogP contribution is 2.19. The van der Waals surface area contributed by atoms with Crippen molar-refractivity contribution in [2.24, 2.45) is 0 Å². The largest absolute Gasteiger partial charge is 0.465 e. The van der Waals surface area contributed by atoms with Gasteiger partial charge in [0.1, 0.15) is 16.8 Å². The van der Waals surface area contributed by atoms with E-state index in [1.165, 1.54) is 0 Å². The van der Waals surface area contributed by atoms with E-state index in [0.717, 1.165) is 7.11 Å². The highest BCUT2D eigenvalue weighted by molar-refractivity contribution is 6.34. The van der Waals surface area contributed by atoms with Gasteiger partial charge in [-0.1, -0.05) is 11.6 Å². The average Bonchev–Trinajstić information content (AvgIpc) is 2.15. The van der Waals surface area contributed by atoms with Crippen LogP contribution < -0.4 is 0 Å². The molecule has 14 heavy (non-hydrogen) atoms. The van der Waals surface area contributed by atoms with Gasteiger partial charge in [-0.3, -0.25) is 0 Å². The van der Waals surface area contributed by atoms with Gasteiger partial charge in [-0.25, -0.2) is 14.8 Å². The van der Waals surface area contributed by atoms with Gasteiger partial charge in [-0.2, -0.15) is 5.26 Å². The summed E-state index contributed by atoms with van der Waals surface area (Å²) in [6.07, 6.45) is 0. The number of hydrogen-bond donors (Lipinski definition) is 0. The summed E-state index contributed by atoms with van der Waals surface area (Å²) in [5.41, 5.74) is -0.386. The van der Waals surface area contributed by atoms with Crippen LogP contribution in [0.25, 0.3) is 0 Å². The van der Waals surface area contributed by atoms with Crippen molar-refractivity contribution in [1.82, 2.24) is 9.97 Å². The van der Waals surface area contributed by atoms with Crippen LogP contribution in [0.3, 0.4) is 0 Å². The maximum absolute atomic E-state index is 11.1. The molecular formula is C7H3Cl2N3O2. The standard InChI is InChI=1S/C7H3Cl2N3O2/c1-14-6(13)4-3(2-10)11-7(9)12-5(4)8/h1H3. The van der Waals surface area contributed by atoms with E-state index in [0.29, 0.717) is 0 Å². The lowest BCUT2D eigenvalue weighted by Crippen LogP contribution is -2.08. The van der Waals surface area contributed by atoms with Crippen LogP contribution in [0.15, 0.2) is 0 Å². The Morgan fingerprint density at radius 3 is 2.64 bits per heavy atom. The minimum Gasteiger partial charge on any atom is -0.465 e. The van der Waals surface area contributed by atoms with Crippen molar-refractivity contribution in [2.75, 3.05) is 7.11 Å². The second kappa shape index (κ2) is 4.22. The molecule has 0 unspecified atom stereocenters. The zero-order chi connectivity index (χ0) is 10.7. The number of nitriles is 1. The first-order chi connectivity index (χ1) is 6.60. The Bertz CT molecular complexity index is 428. The fourth-order valence-electron chi connectivity index (χ4n) is 0.772. The Hall–Kier alpha value is -1.38. The van der Waals surface area contributed by atoms with Gasteiger partial charge in [0.25, 0.3) is 0 Å². The summed E-state index contributed by atoms with van der Waals surface area (Å²) in [7, 11) is 1.16. The lowest BCUT2D eigenvalue weighted by molar-refractivity contribution is 0.0599.